The van der Waals surface area contributed by atoms with Gasteiger partial charge in [-0.15, -0.1) is 0 Å². The summed E-state index contributed by atoms with van der Waals surface area (Å²) in [5.41, 5.74) is 6.72. The van der Waals surface area contributed by atoms with E-state index in [0.717, 1.165) is 55.0 Å². The van der Waals surface area contributed by atoms with Crippen LogP contribution in [-0.2, 0) is 0 Å². The van der Waals surface area contributed by atoms with Crippen molar-refractivity contribution in [3.05, 3.63) is 176 Å². The van der Waals surface area contributed by atoms with Crippen molar-refractivity contribution < 1.29 is 4.42 Å². The topological polar surface area (TPSA) is 51.8 Å². The molecule has 4 heteroatoms. The van der Waals surface area contributed by atoms with Crippen LogP contribution in [0.15, 0.2) is 180 Å². The Morgan fingerprint density at radius 3 is 1.72 bits per heavy atom. The van der Waals surface area contributed by atoms with Gasteiger partial charge in [-0.25, -0.2) is 15.0 Å². The second kappa shape index (κ2) is 11.7. The van der Waals surface area contributed by atoms with Crippen LogP contribution in [0, 0.1) is 0 Å². The summed E-state index contributed by atoms with van der Waals surface area (Å²) in [6.07, 6.45) is 0. The van der Waals surface area contributed by atoms with Crippen molar-refractivity contribution in [2.45, 2.75) is 0 Å². The van der Waals surface area contributed by atoms with Crippen molar-refractivity contribution in [2.24, 2.45) is 0 Å². The summed E-state index contributed by atoms with van der Waals surface area (Å²) in [5, 5.41) is 11.5. The van der Waals surface area contributed by atoms with Crippen molar-refractivity contribution >= 4 is 65.0 Å². The second-order valence-corrected chi connectivity index (χ2v) is 13.6. The van der Waals surface area contributed by atoms with E-state index in [1.54, 1.807) is 0 Å². The highest BCUT2D eigenvalue weighted by molar-refractivity contribution is 6.20. The second-order valence-electron chi connectivity index (χ2n) is 13.6. The van der Waals surface area contributed by atoms with Crippen LogP contribution in [0.5, 0.6) is 0 Å². The highest BCUT2D eigenvalue weighted by atomic mass is 16.3. The van der Waals surface area contributed by atoms with Gasteiger partial charge in [0.25, 0.3) is 0 Å². The molecule has 0 aliphatic heterocycles. The fourth-order valence-electron chi connectivity index (χ4n) is 7.95. The summed E-state index contributed by atoms with van der Waals surface area (Å²) in [6, 6.07) is 61.7. The fraction of sp³-hybridized carbons (Fsp3) is 0. The molecule has 0 saturated carbocycles. The molecular formula is C49H29N3O. The molecule has 0 saturated heterocycles. The Labute approximate surface area is 304 Å². The Balaban J connectivity index is 1.14. The molecule has 0 bridgehead atoms. The molecule has 9 aromatic carbocycles. The summed E-state index contributed by atoms with van der Waals surface area (Å²) in [7, 11) is 0. The highest BCUT2D eigenvalue weighted by Crippen LogP contribution is 2.39. The number of para-hydroxylation sites is 1. The quantitative estimate of drug-likeness (QED) is 0.174. The lowest BCUT2D eigenvalue weighted by molar-refractivity contribution is 0.669. The van der Waals surface area contributed by atoms with Gasteiger partial charge in [0.1, 0.15) is 11.2 Å². The van der Waals surface area contributed by atoms with Gasteiger partial charge in [-0.05, 0) is 67.0 Å². The van der Waals surface area contributed by atoms with E-state index >= 15 is 0 Å². The highest BCUT2D eigenvalue weighted by Gasteiger charge is 2.19. The van der Waals surface area contributed by atoms with Crippen molar-refractivity contribution in [1.29, 1.82) is 0 Å². The molecule has 2 aromatic heterocycles. The minimum Gasteiger partial charge on any atom is -0.456 e. The van der Waals surface area contributed by atoms with Gasteiger partial charge in [-0.3, -0.25) is 0 Å². The molecule has 246 valence electrons. The van der Waals surface area contributed by atoms with Crippen molar-refractivity contribution in [1.82, 2.24) is 15.0 Å². The number of aromatic nitrogens is 3. The minimum atomic E-state index is 0.600. The van der Waals surface area contributed by atoms with E-state index in [1.807, 2.05) is 30.3 Å². The Bertz CT molecular complexity index is 3230. The first-order chi connectivity index (χ1) is 26.2. The third-order valence-corrected chi connectivity index (χ3v) is 10.5. The van der Waals surface area contributed by atoms with Gasteiger partial charge in [-0.1, -0.05) is 158 Å². The molecule has 0 atom stereocenters. The van der Waals surface area contributed by atoms with Crippen molar-refractivity contribution in [2.75, 3.05) is 0 Å². The maximum atomic E-state index is 6.30. The molecule has 53 heavy (non-hydrogen) atoms. The van der Waals surface area contributed by atoms with E-state index in [-0.39, 0.29) is 0 Å². The number of nitrogens with zero attached hydrogens (tertiary/aromatic N) is 3. The van der Waals surface area contributed by atoms with Gasteiger partial charge in [0.05, 0.1) is 0 Å². The molecule has 2 heterocycles. The third-order valence-electron chi connectivity index (χ3n) is 10.5. The molecule has 0 radical (unpaired) electrons. The van der Waals surface area contributed by atoms with Crippen LogP contribution >= 0.6 is 0 Å². The van der Waals surface area contributed by atoms with Crippen molar-refractivity contribution in [3.63, 3.8) is 0 Å². The molecule has 0 aliphatic carbocycles. The summed E-state index contributed by atoms with van der Waals surface area (Å²) in [5.74, 6) is 1.84. The lowest BCUT2D eigenvalue weighted by Crippen LogP contribution is -2.01. The zero-order valence-corrected chi connectivity index (χ0v) is 28.5. The molecular weight excluding hydrogens is 647 g/mol. The molecule has 0 aliphatic rings. The van der Waals surface area contributed by atoms with E-state index in [0.29, 0.717) is 17.5 Å². The first-order valence-electron chi connectivity index (χ1n) is 17.9. The van der Waals surface area contributed by atoms with Crippen LogP contribution in [0.3, 0.4) is 0 Å². The molecule has 0 unspecified atom stereocenters. The van der Waals surface area contributed by atoms with Gasteiger partial charge < -0.3 is 4.42 Å². The van der Waals surface area contributed by atoms with Crippen LogP contribution < -0.4 is 0 Å². The summed E-state index contributed by atoms with van der Waals surface area (Å²) < 4.78 is 6.30. The first kappa shape index (κ1) is 29.5. The predicted molar refractivity (Wildman–Crippen MR) is 219 cm³/mol. The molecule has 0 fully saturated rings. The van der Waals surface area contributed by atoms with E-state index in [4.69, 9.17) is 19.4 Å². The van der Waals surface area contributed by atoms with Crippen molar-refractivity contribution in [3.8, 4) is 45.3 Å². The van der Waals surface area contributed by atoms with Crippen LogP contribution in [0.2, 0.25) is 0 Å². The minimum absolute atomic E-state index is 0.600. The number of hydrogen-bond donors (Lipinski definition) is 0. The van der Waals surface area contributed by atoms with E-state index in [9.17, 15) is 0 Å². The number of hydrogen-bond acceptors (Lipinski definition) is 4. The number of fused-ring (bicyclic) bond motifs is 9. The standard InChI is InChI=1S/C49H29N3O/c1-2-11-35-29-36(24-21-30(35)9-1)31-19-22-34(23-20-31)47-50-48(52-49(51-47)42-16-8-18-44-46(42)40-14-5-6-17-43(40)53-44)41-15-7-12-33-26-27-38-37-13-4-3-10-32(37)25-28-39(38)45(33)41/h1-29H. The van der Waals surface area contributed by atoms with Crippen LogP contribution in [0.4, 0.5) is 0 Å². The van der Waals surface area contributed by atoms with Gasteiger partial charge >= 0.3 is 0 Å². The Morgan fingerprint density at radius 1 is 0.302 bits per heavy atom. The summed E-state index contributed by atoms with van der Waals surface area (Å²) in [4.78, 5) is 15.7. The Hall–Kier alpha value is -7.17. The average molecular weight is 676 g/mol. The molecule has 0 amide bonds. The van der Waals surface area contributed by atoms with Crippen LogP contribution in [-0.4, -0.2) is 15.0 Å². The smallest absolute Gasteiger partial charge is 0.164 e. The lowest BCUT2D eigenvalue weighted by Gasteiger charge is -2.13. The maximum Gasteiger partial charge on any atom is 0.164 e. The van der Waals surface area contributed by atoms with Crippen LogP contribution in [0.1, 0.15) is 0 Å². The molecule has 4 nitrogen and oxygen atoms in total. The molecule has 0 spiro atoms. The molecule has 0 N–H and O–H groups in total. The molecule has 11 rings (SSSR count). The SMILES string of the molecule is c1ccc2cc(-c3ccc(-c4nc(-c5cccc6ccc7c8ccccc8ccc7c56)nc(-c5cccc6oc7ccccc7c56)n4)cc3)ccc2c1. The zero-order chi connectivity index (χ0) is 34.9. The Morgan fingerprint density at radius 2 is 0.868 bits per heavy atom. The van der Waals surface area contributed by atoms with Crippen LogP contribution in [0.25, 0.3) is 110 Å². The number of furan rings is 1. The lowest BCUT2D eigenvalue weighted by atomic mass is 9.94. The Kier molecular flexibility index (Phi) is 6.52. The van der Waals surface area contributed by atoms with E-state index in [1.165, 1.54) is 37.9 Å². The normalized spacial score (nSPS) is 11.8. The summed E-state index contributed by atoms with van der Waals surface area (Å²) >= 11 is 0. The predicted octanol–water partition coefficient (Wildman–Crippen LogP) is 13.1. The maximum absolute atomic E-state index is 6.30. The van der Waals surface area contributed by atoms with Gasteiger partial charge in [0.2, 0.25) is 0 Å². The monoisotopic (exact) mass is 675 g/mol. The third kappa shape index (κ3) is 4.80. The average Bonchev–Trinajstić information content (AvgIpc) is 3.62. The number of rotatable bonds is 4. The first-order valence-corrected chi connectivity index (χ1v) is 17.9. The largest absolute Gasteiger partial charge is 0.456 e. The summed E-state index contributed by atoms with van der Waals surface area (Å²) in [6.45, 7) is 0. The van der Waals surface area contributed by atoms with Gasteiger partial charge in [0, 0.05) is 32.8 Å². The van der Waals surface area contributed by atoms with Gasteiger partial charge in [0.15, 0.2) is 17.5 Å². The zero-order valence-electron chi connectivity index (χ0n) is 28.5. The van der Waals surface area contributed by atoms with E-state index in [2.05, 4.69) is 146 Å². The van der Waals surface area contributed by atoms with Gasteiger partial charge in [-0.2, -0.15) is 0 Å². The van der Waals surface area contributed by atoms with E-state index < -0.39 is 0 Å². The molecule has 11 aromatic rings. The fourth-order valence-corrected chi connectivity index (χ4v) is 7.95. The number of benzene rings is 9.